The topological polar surface area (TPSA) is 75.3 Å². The van der Waals surface area contributed by atoms with E-state index in [-0.39, 0.29) is 21.5 Å². The minimum Gasteiger partial charge on any atom is -0.325 e. The lowest BCUT2D eigenvalue weighted by Gasteiger charge is -2.14. The zero-order valence-electron chi connectivity index (χ0n) is 11.0. The minimum absolute atomic E-state index is 0.114. The summed E-state index contributed by atoms with van der Waals surface area (Å²) < 4.78 is 25.5. The molecule has 1 amide bonds. The highest BCUT2D eigenvalue weighted by Gasteiger charge is 2.19. The lowest BCUT2D eigenvalue weighted by Crippen LogP contribution is -2.27. The minimum atomic E-state index is -3.51. The molecule has 1 unspecified atom stereocenters. The van der Waals surface area contributed by atoms with Crippen molar-refractivity contribution >= 4 is 37.5 Å². The predicted molar refractivity (Wildman–Crippen MR) is 78.9 cm³/mol. The van der Waals surface area contributed by atoms with E-state index in [0.717, 1.165) is 0 Å². The third-order valence-corrected chi connectivity index (χ3v) is 5.40. The summed E-state index contributed by atoms with van der Waals surface area (Å²) in [6, 6.07) is 6.12. The second-order valence-electron chi connectivity index (χ2n) is 4.37. The molecule has 0 bridgehead atoms. The van der Waals surface area contributed by atoms with Gasteiger partial charge in [0.15, 0.2) is 0 Å². The summed E-state index contributed by atoms with van der Waals surface area (Å²) in [5.41, 5.74) is 0.450. The summed E-state index contributed by atoms with van der Waals surface area (Å²) >= 11 is 3.29. The Bertz CT molecular complexity index is 558. The first-order valence-electron chi connectivity index (χ1n) is 5.76. The number of rotatable bonds is 5. The van der Waals surface area contributed by atoms with Crippen LogP contribution < -0.4 is 10.0 Å². The molecule has 0 spiro atoms. The number of carbonyl (C=O) groups excluding carboxylic acids is 1. The third-order valence-electron chi connectivity index (χ3n) is 2.52. The highest BCUT2D eigenvalue weighted by atomic mass is 79.9. The Morgan fingerprint density at radius 1 is 1.32 bits per heavy atom. The van der Waals surface area contributed by atoms with Crippen LogP contribution in [0.15, 0.2) is 29.2 Å². The Morgan fingerprint density at radius 2 is 1.95 bits per heavy atom. The SMILES string of the molecule is CNS(=O)(=O)c1cccc(NC(=O)C(Br)C(C)C)c1. The largest absolute Gasteiger partial charge is 0.325 e. The standard InChI is InChI=1S/C12H17BrN2O3S/c1-8(2)11(13)12(16)15-9-5-4-6-10(7-9)19(17,18)14-3/h4-8,11,14H,1-3H3,(H,15,16). The maximum Gasteiger partial charge on any atom is 0.240 e. The molecule has 0 aromatic heterocycles. The molecular weight excluding hydrogens is 332 g/mol. The zero-order valence-corrected chi connectivity index (χ0v) is 13.4. The van der Waals surface area contributed by atoms with Crippen LogP contribution in [0.2, 0.25) is 0 Å². The summed E-state index contributed by atoms with van der Waals surface area (Å²) in [5.74, 6) is -0.0572. The summed E-state index contributed by atoms with van der Waals surface area (Å²) in [5, 5.41) is 2.68. The molecule has 7 heteroatoms. The van der Waals surface area contributed by atoms with E-state index in [0.29, 0.717) is 5.69 Å². The molecule has 0 saturated carbocycles. The van der Waals surface area contributed by atoms with Crippen molar-refractivity contribution in [1.29, 1.82) is 0 Å². The van der Waals surface area contributed by atoms with Gasteiger partial charge < -0.3 is 5.32 Å². The first-order valence-corrected chi connectivity index (χ1v) is 8.16. The van der Waals surface area contributed by atoms with Gasteiger partial charge in [0.2, 0.25) is 15.9 Å². The van der Waals surface area contributed by atoms with Crippen LogP contribution in [0.1, 0.15) is 13.8 Å². The van der Waals surface area contributed by atoms with Gasteiger partial charge in [0, 0.05) is 5.69 Å². The Kier molecular flexibility index (Phi) is 5.51. The number of anilines is 1. The highest BCUT2D eigenvalue weighted by molar-refractivity contribution is 9.10. The smallest absolute Gasteiger partial charge is 0.240 e. The summed E-state index contributed by atoms with van der Waals surface area (Å²) in [7, 11) is -2.16. The van der Waals surface area contributed by atoms with E-state index < -0.39 is 10.0 Å². The number of hydrogen-bond acceptors (Lipinski definition) is 3. The van der Waals surface area contributed by atoms with Gasteiger partial charge in [-0.05, 0) is 31.2 Å². The van der Waals surface area contributed by atoms with Gasteiger partial charge in [0.05, 0.1) is 9.72 Å². The fraction of sp³-hybridized carbons (Fsp3) is 0.417. The van der Waals surface area contributed by atoms with E-state index in [1.54, 1.807) is 12.1 Å². The van der Waals surface area contributed by atoms with Crippen molar-refractivity contribution in [2.45, 2.75) is 23.6 Å². The van der Waals surface area contributed by atoms with E-state index >= 15 is 0 Å². The van der Waals surface area contributed by atoms with Crippen LogP contribution in [0, 0.1) is 5.92 Å². The lowest BCUT2D eigenvalue weighted by molar-refractivity contribution is -0.116. The molecule has 5 nitrogen and oxygen atoms in total. The second kappa shape index (κ2) is 6.49. The molecule has 106 valence electrons. The van der Waals surface area contributed by atoms with E-state index in [4.69, 9.17) is 0 Å². The molecule has 0 fully saturated rings. The number of alkyl halides is 1. The molecule has 1 aromatic carbocycles. The summed E-state index contributed by atoms with van der Waals surface area (Å²) in [6.45, 7) is 3.84. The van der Waals surface area contributed by atoms with Gasteiger partial charge in [-0.3, -0.25) is 4.79 Å². The number of halogens is 1. The van der Waals surface area contributed by atoms with Crippen molar-refractivity contribution in [2.24, 2.45) is 5.92 Å². The van der Waals surface area contributed by atoms with E-state index in [1.165, 1.54) is 19.2 Å². The van der Waals surface area contributed by atoms with Gasteiger partial charge in [-0.25, -0.2) is 13.1 Å². The van der Waals surface area contributed by atoms with Crippen LogP contribution in [0.4, 0.5) is 5.69 Å². The maximum atomic E-state index is 11.9. The maximum absolute atomic E-state index is 11.9. The average Bonchev–Trinajstić information content (AvgIpc) is 2.37. The first kappa shape index (κ1) is 16.1. The number of hydrogen-bond donors (Lipinski definition) is 2. The molecule has 19 heavy (non-hydrogen) atoms. The Labute approximate surface area is 122 Å². The van der Waals surface area contributed by atoms with Gasteiger partial charge in [-0.2, -0.15) is 0 Å². The third kappa shape index (κ3) is 4.29. The quantitative estimate of drug-likeness (QED) is 0.798. The molecule has 0 saturated heterocycles. The monoisotopic (exact) mass is 348 g/mol. The number of benzene rings is 1. The molecule has 1 rings (SSSR count). The fourth-order valence-corrected chi connectivity index (χ4v) is 2.26. The lowest BCUT2D eigenvalue weighted by atomic mass is 10.1. The van der Waals surface area contributed by atoms with Crippen LogP contribution in [0.5, 0.6) is 0 Å². The molecule has 2 N–H and O–H groups in total. The molecule has 1 aromatic rings. The van der Waals surface area contributed by atoms with Gasteiger partial charge in [-0.15, -0.1) is 0 Å². The number of amides is 1. The van der Waals surface area contributed by atoms with E-state index in [2.05, 4.69) is 26.0 Å². The number of nitrogens with one attached hydrogen (secondary N) is 2. The van der Waals surface area contributed by atoms with Crippen LogP contribution in [0.25, 0.3) is 0 Å². The van der Waals surface area contributed by atoms with Crippen molar-refractivity contribution in [2.75, 3.05) is 12.4 Å². The van der Waals surface area contributed by atoms with Crippen molar-refractivity contribution < 1.29 is 13.2 Å². The average molecular weight is 349 g/mol. The summed E-state index contributed by atoms with van der Waals surface area (Å²) in [6.07, 6.45) is 0. The van der Waals surface area contributed by atoms with Crippen molar-refractivity contribution in [3.63, 3.8) is 0 Å². The molecular formula is C12H17BrN2O3S. The first-order chi connectivity index (χ1) is 8.77. The predicted octanol–water partition coefficient (Wildman–Crippen LogP) is 1.95. The molecule has 0 aliphatic heterocycles. The normalized spacial score (nSPS) is 13.3. The Hall–Kier alpha value is -0.920. The van der Waals surface area contributed by atoms with E-state index in [9.17, 15) is 13.2 Å². The van der Waals surface area contributed by atoms with Crippen LogP contribution in [0.3, 0.4) is 0 Å². The molecule has 0 aliphatic carbocycles. The van der Waals surface area contributed by atoms with Gasteiger partial charge in [0.25, 0.3) is 0 Å². The van der Waals surface area contributed by atoms with Crippen LogP contribution in [-0.4, -0.2) is 26.2 Å². The molecule has 0 aliphatic rings. The van der Waals surface area contributed by atoms with Crippen LogP contribution in [-0.2, 0) is 14.8 Å². The molecule has 0 radical (unpaired) electrons. The van der Waals surface area contributed by atoms with E-state index in [1.807, 2.05) is 13.8 Å². The van der Waals surface area contributed by atoms with Gasteiger partial charge in [-0.1, -0.05) is 35.8 Å². The molecule has 0 heterocycles. The van der Waals surface area contributed by atoms with Crippen molar-refractivity contribution in [3.05, 3.63) is 24.3 Å². The van der Waals surface area contributed by atoms with Crippen molar-refractivity contribution in [1.82, 2.24) is 4.72 Å². The zero-order chi connectivity index (χ0) is 14.6. The van der Waals surface area contributed by atoms with Crippen molar-refractivity contribution in [3.8, 4) is 0 Å². The van der Waals surface area contributed by atoms with Crippen LogP contribution >= 0.6 is 15.9 Å². The Balaban J connectivity index is 2.93. The highest BCUT2D eigenvalue weighted by Crippen LogP contribution is 2.18. The molecule has 1 atom stereocenters. The Morgan fingerprint density at radius 3 is 2.47 bits per heavy atom. The van der Waals surface area contributed by atoms with Gasteiger partial charge >= 0.3 is 0 Å². The number of sulfonamides is 1. The van der Waals surface area contributed by atoms with Gasteiger partial charge in [0.1, 0.15) is 0 Å². The number of carbonyl (C=O) groups is 1. The second-order valence-corrected chi connectivity index (χ2v) is 7.24. The summed E-state index contributed by atoms with van der Waals surface area (Å²) in [4.78, 5) is 11.7. The fourth-order valence-electron chi connectivity index (χ4n) is 1.37.